The number of hydrogen-bond acceptors (Lipinski definition) is 3. The molecule has 1 heterocycles. The summed E-state index contributed by atoms with van der Waals surface area (Å²) in [6, 6.07) is 0. The van der Waals surface area contributed by atoms with Crippen LogP contribution in [-0.2, 0) is 0 Å². The van der Waals surface area contributed by atoms with Crippen molar-refractivity contribution < 1.29 is 4.42 Å². The zero-order chi connectivity index (χ0) is 9.84. The van der Waals surface area contributed by atoms with E-state index in [2.05, 4.69) is 24.0 Å². The molecule has 0 radical (unpaired) electrons. The molecule has 1 aromatic rings. The Morgan fingerprint density at radius 1 is 1.23 bits per heavy atom. The highest BCUT2D eigenvalue weighted by Gasteiger charge is 2.29. The van der Waals surface area contributed by atoms with Gasteiger partial charge in [0.1, 0.15) is 0 Å². The van der Waals surface area contributed by atoms with Crippen molar-refractivity contribution in [2.45, 2.75) is 52.4 Å². The highest BCUT2D eigenvalue weighted by Crippen LogP contribution is 2.39. The molecule has 0 atom stereocenters. The van der Waals surface area contributed by atoms with Gasteiger partial charge in [0.05, 0.1) is 0 Å². The topological polar surface area (TPSA) is 38.9 Å². The minimum absolute atomic E-state index is 0.356. The first-order valence-corrected chi connectivity index (χ1v) is 5.10. The van der Waals surface area contributed by atoms with Crippen LogP contribution < -0.4 is 0 Å². The second kappa shape index (κ2) is 4.40. The van der Waals surface area contributed by atoms with Gasteiger partial charge < -0.3 is 4.42 Å². The Balaban J connectivity index is 0.000000396. The predicted molar refractivity (Wildman–Crippen MR) is 51.7 cm³/mol. The lowest BCUT2D eigenvalue weighted by Gasteiger charge is -1.93. The summed E-state index contributed by atoms with van der Waals surface area (Å²) in [6.07, 6.45) is 2.44. The third-order valence-corrected chi connectivity index (χ3v) is 1.88. The van der Waals surface area contributed by atoms with Crippen LogP contribution in [0.1, 0.15) is 64.2 Å². The van der Waals surface area contributed by atoms with E-state index in [1.165, 1.54) is 12.8 Å². The van der Waals surface area contributed by atoms with Crippen LogP contribution in [0, 0.1) is 0 Å². The van der Waals surface area contributed by atoms with Crippen molar-refractivity contribution in [3.63, 3.8) is 0 Å². The lowest BCUT2D eigenvalue weighted by Crippen LogP contribution is -1.85. The summed E-state index contributed by atoms with van der Waals surface area (Å²) >= 11 is 0. The Morgan fingerprint density at radius 2 is 1.85 bits per heavy atom. The summed E-state index contributed by atoms with van der Waals surface area (Å²) in [7, 11) is 0. The van der Waals surface area contributed by atoms with E-state index in [1.807, 2.05) is 13.8 Å². The third-order valence-electron chi connectivity index (χ3n) is 1.88. The van der Waals surface area contributed by atoms with Gasteiger partial charge in [-0.05, 0) is 12.8 Å². The maximum Gasteiger partial charge on any atom is 0.219 e. The van der Waals surface area contributed by atoms with Crippen molar-refractivity contribution in [2.75, 3.05) is 0 Å². The first-order valence-electron chi connectivity index (χ1n) is 5.10. The van der Waals surface area contributed by atoms with Gasteiger partial charge in [-0.15, -0.1) is 10.2 Å². The fourth-order valence-corrected chi connectivity index (χ4v) is 0.975. The zero-order valence-electron chi connectivity index (χ0n) is 8.87. The lowest BCUT2D eigenvalue weighted by molar-refractivity contribution is 0.433. The SMILES string of the molecule is CC.CC(C)c1nnc(C2CC2)o1. The Bertz CT molecular complexity index is 235. The molecule has 1 aliphatic rings. The molecule has 1 saturated carbocycles. The minimum Gasteiger partial charge on any atom is -0.425 e. The van der Waals surface area contributed by atoms with E-state index in [9.17, 15) is 0 Å². The van der Waals surface area contributed by atoms with Crippen molar-refractivity contribution in [1.82, 2.24) is 10.2 Å². The summed E-state index contributed by atoms with van der Waals surface area (Å²) < 4.78 is 5.45. The quantitative estimate of drug-likeness (QED) is 0.705. The fourth-order valence-electron chi connectivity index (χ4n) is 0.975. The van der Waals surface area contributed by atoms with Gasteiger partial charge >= 0.3 is 0 Å². The highest BCUT2D eigenvalue weighted by molar-refractivity contribution is 5.01. The van der Waals surface area contributed by atoms with E-state index in [1.54, 1.807) is 0 Å². The van der Waals surface area contributed by atoms with Crippen molar-refractivity contribution in [1.29, 1.82) is 0 Å². The lowest BCUT2D eigenvalue weighted by atomic mass is 10.2. The molecule has 3 nitrogen and oxygen atoms in total. The van der Waals surface area contributed by atoms with Crippen LogP contribution in [0.4, 0.5) is 0 Å². The van der Waals surface area contributed by atoms with E-state index >= 15 is 0 Å². The van der Waals surface area contributed by atoms with Gasteiger partial charge in [-0.3, -0.25) is 0 Å². The fraction of sp³-hybridized carbons (Fsp3) is 0.800. The molecule has 0 spiro atoms. The molecule has 3 heteroatoms. The number of aromatic nitrogens is 2. The van der Waals surface area contributed by atoms with E-state index < -0.39 is 0 Å². The molecule has 0 unspecified atom stereocenters. The second-order valence-electron chi connectivity index (χ2n) is 3.41. The van der Waals surface area contributed by atoms with Crippen LogP contribution in [0.15, 0.2) is 4.42 Å². The van der Waals surface area contributed by atoms with Crippen LogP contribution in [0.5, 0.6) is 0 Å². The molecule has 1 fully saturated rings. The van der Waals surface area contributed by atoms with Crippen LogP contribution >= 0.6 is 0 Å². The largest absolute Gasteiger partial charge is 0.425 e. The number of nitrogens with zero attached hydrogens (tertiary/aromatic N) is 2. The van der Waals surface area contributed by atoms with Crippen molar-refractivity contribution in [2.24, 2.45) is 0 Å². The molecule has 0 aromatic carbocycles. The van der Waals surface area contributed by atoms with Crippen molar-refractivity contribution >= 4 is 0 Å². The van der Waals surface area contributed by atoms with Gasteiger partial charge in [-0.2, -0.15) is 0 Å². The van der Waals surface area contributed by atoms with E-state index in [0.29, 0.717) is 11.8 Å². The molecule has 0 N–H and O–H groups in total. The van der Waals surface area contributed by atoms with E-state index in [4.69, 9.17) is 4.42 Å². The third kappa shape index (κ3) is 2.54. The minimum atomic E-state index is 0.356. The number of rotatable bonds is 2. The van der Waals surface area contributed by atoms with Gasteiger partial charge in [-0.25, -0.2) is 0 Å². The highest BCUT2D eigenvalue weighted by atomic mass is 16.4. The smallest absolute Gasteiger partial charge is 0.219 e. The van der Waals surface area contributed by atoms with Gasteiger partial charge in [-0.1, -0.05) is 27.7 Å². The summed E-state index contributed by atoms with van der Waals surface area (Å²) in [6.45, 7) is 8.12. The normalized spacial score (nSPS) is 15.5. The predicted octanol–water partition coefficient (Wildman–Crippen LogP) is 3.10. The molecule has 0 amide bonds. The molecule has 2 rings (SSSR count). The Morgan fingerprint density at radius 3 is 2.23 bits per heavy atom. The molecular formula is C10H18N2O. The average Bonchev–Trinajstić information content (AvgIpc) is 2.87. The maximum atomic E-state index is 5.45. The van der Waals surface area contributed by atoms with Crippen molar-refractivity contribution in [3.8, 4) is 0 Å². The molecule has 13 heavy (non-hydrogen) atoms. The van der Waals surface area contributed by atoms with Gasteiger partial charge in [0.15, 0.2) is 0 Å². The standard InChI is InChI=1S/C8H12N2O.C2H6/c1-5(2)7-9-10-8(11-7)6-3-4-6;1-2/h5-6H,3-4H2,1-2H3;1-2H3. The first kappa shape index (κ1) is 10.2. The van der Waals surface area contributed by atoms with Crippen LogP contribution in [0.3, 0.4) is 0 Å². The summed E-state index contributed by atoms with van der Waals surface area (Å²) in [5.41, 5.74) is 0. The Hall–Kier alpha value is -0.860. The van der Waals surface area contributed by atoms with Gasteiger partial charge in [0.2, 0.25) is 11.8 Å². The first-order chi connectivity index (χ1) is 6.27. The molecule has 0 bridgehead atoms. The molecule has 1 aliphatic carbocycles. The molecule has 0 saturated heterocycles. The Labute approximate surface area is 79.6 Å². The average molecular weight is 182 g/mol. The maximum absolute atomic E-state index is 5.45. The molecule has 74 valence electrons. The Kier molecular flexibility index (Phi) is 3.46. The van der Waals surface area contributed by atoms with Crippen LogP contribution in [0.2, 0.25) is 0 Å². The zero-order valence-corrected chi connectivity index (χ0v) is 8.87. The second-order valence-corrected chi connectivity index (χ2v) is 3.41. The summed E-state index contributed by atoms with van der Waals surface area (Å²) in [5.74, 6) is 2.55. The van der Waals surface area contributed by atoms with Crippen LogP contribution in [0.25, 0.3) is 0 Å². The number of hydrogen-bond donors (Lipinski definition) is 0. The summed E-state index contributed by atoms with van der Waals surface area (Å²) in [4.78, 5) is 0. The van der Waals surface area contributed by atoms with E-state index in [0.717, 1.165) is 11.8 Å². The molecular weight excluding hydrogens is 164 g/mol. The van der Waals surface area contributed by atoms with Crippen LogP contribution in [-0.4, -0.2) is 10.2 Å². The molecule has 1 aromatic heterocycles. The monoisotopic (exact) mass is 182 g/mol. The van der Waals surface area contributed by atoms with Gasteiger partial charge in [0, 0.05) is 11.8 Å². The van der Waals surface area contributed by atoms with Crippen molar-refractivity contribution in [3.05, 3.63) is 11.8 Å². The summed E-state index contributed by atoms with van der Waals surface area (Å²) in [5, 5.41) is 7.94. The van der Waals surface area contributed by atoms with E-state index in [-0.39, 0.29) is 0 Å². The molecule has 0 aliphatic heterocycles. The van der Waals surface area contributed by atoms with Gasteiger partial charge in [0.25, 0.3) is 0 Å².